The number of piperidine rings is 1. The average molecular weight is 387 g/mol. The van der Waals surface area contributed by atoms with Crippen LogP contribution in [0.15, 0.2) is 59.1 Å². The van der Waals surface area contributed by atoms with Gasteiger partial charge in [0, 0.05) is 11.0 Å². The maximum Gasteiger partial charge on any atom is 0.225 e. The third kappa shape index (κ3) is 4.25. The third-order valence-electron chi connectivity index (χ3n) is 4.89. The number of primary amides is 1. The van der Waals surface area contributed by atoms with Gasteiger partial charge in [-0.1, -0.05) is 58.4 Å². The molecule has 3 nitrogen and oxygen atoms in total. The molecular weight excluding hydrogens is 364 g/mol. The molecule has 0 aromatic heterocycles. The second-order valence-corrected chi connectivity index (χ2v) is 7.45. The topological polar surface area (TPSA) is 46.3 Å². The van der Waals surface area contributed by atoms with Crippen molar-refractivity contribution in [1.29, 1.82) is 0 Å². The van der Waals surface area contributed by atoms with Crippen molar-refractivity contribution in [2.75, 3.05) is 13.1 Å². The second-order valence-electron chi connectivity index (χ2n) is 6.53. The highest BCUT2D eigenvalue weighted by Crippen LogP contribution is 2.33. The van der Waals surface area contributed by atoms with E-state index in [4.69, 9.17) is 5.73 Å². The Morgan fingerprint density at radius 1 is 1.08 bits per heavy atom. The lowest BCUT2D eigenvalue weighted by molar-refractivity contribution is -0.121. The molecule has 24 heavy (non-hydrogen) atoms. The van der Waals surface area contributed by atoms with Crippen LogP contribution in [-0.2, 0) is 11.3 Å². The Labute approximate surface area is 152 Å². The molecule has 2 aromatic rings. The van der Waals surface area contributed by atoms with Crippen LogP contribution in [0, 0.1) is 5.92 Å². The molecule has 2 N–H and O–H groups in total. The molecule has 1 fully saturated rings. The van der Waals surface area contributed by atoms with Gasteiger partial charge >= 0.3 is 0 Å². The van der Waals surface area contributed by atoms with Gasteiger partial charge in [0.2, 0.25) is 5.91 Å². The lowest BCUT2D eigenvalue weighted by Gasteiger charge is -2.35. The van der Waals surface area contributed by atoms with Crippen molar-refractivity contribution in [1.82, 2.24) is 4.90 Å². The molecule has 1 heterocycles. The van der Waals surface area contributed by atoms with E-state index in [-0.39, 0.29) is 11.8 Å². The number of hydrogen-bond acceptors (Lipinski definition) is 2. The van der Waals surface area contributed by atoms with E-state index in [1.54, 1.807) is 0 Å². The number of carbonyl (C=O) groups excluding carboxylic acids is 1. The van der Waals surface area contributed by atoms with E-state index < -0.39 is 0 Å². The van der Waals surface area contributed by atoms with Crippen LogP contribution >= 0.6 is 15.9 Å². The molecule has 1 atom stereocenters. The number of hydrogen-bond donors (Lipinski definition) is 1. The highest BCUT2D eigenvalue weighted by atomic mass is 79.9. The summed E-state index contributed by atoms with van der Waals surface area (Å²) >= 11 is 3.44. The van der Waals surface area contributed by atoms with Crippen LogP contribution in [0.25, 0.3) is 0 Å². The minimum absolute atomic E-state index is 0.183. The van der Waals surface area contributed by atoms with Crippen LogP contribution < -0.4 is 5.73 Å². The quantitative estimate of drug-likeness (QED) is 0.845. The zero-order valence-corrected chi connectivity index (χ0v) is 15.3. The molecular formula is C20H23BrN2O. The van der Waals surface area contributed by atoms with Crippen LogP contribution in [0.4, 0.5) is 0 Å². The Morgan fingerprint density at radius 2 is 1.71 bits per heavy atom. The molecule has 0 unspecified atom stereocenters. The zero-order valence-electron chi connectivity index (χ0n) is 13.7. The van der Waals surface area contributed by atoms with Gasteiger partial charge in [0.25, 0.3) is 0 Å². The summed E-state index contributed by atoms with van der Waals surface area (Å²) in [6, 6.07) is 18.5. The molecule has 3 rings (SSSR count). The molecule has 0 saturated carbocycles. The van der Waals surface area contributed by atoms with Gasteiger partial charge in [-0.25, -0.2) is 0 Å². The molecule has 126 valence electrons. The standard InChI is InChI=1S/C20H23BrN2O/c21-18-8-6-16(7-9-18)19(20(22)24)17-10-12-23(13-11-17)14-15-4-2-1-3-5-15/h1-9,17,19H,10-14H2,(H2,22,24)/t19-/m0/s1. The minimum Gasteiger partial charge on any atom is -0.369 e. The van der Waals surface area contributed by atoms with Gasteiger partial charge < -0.3 is 5.73 Å². The van der Waals surface area contributed by atoms with E-state index in [1.807, 2.05) is 30.3 Å². The maximum absolute atomic E-state index is 12.1. The normalized spacial score (nSPS) is 17.5. The van der Waals surface area contributed by atoms with Gasteiger partial charge in [-0.3, -0.25) is 9.69 Å². The lowest BCUT2D eigenvalue weighted by Crippen LogP contribution is -2.38. The van der Waals surface area contributed by atoms with E-state index in [0.29, 0.717) is 5.92 Å². The first kappa shape index (κ1) is 17.2. The number of rotatable bonds is 5. The number of likely N-dealkylation sites (tertiary alicyclic amines) is 1. The van der Waals surface area contributed by atoms with Crippen molar-refractivity contribution < 1.29 is 4.79 Å². The van der Waals surface area contributed by atoms with Crippen molar-refractivity contribution in [3.63, 3.8) is 0 Å². The summed E-state index contributed by atoms with van der Waals surface area (Å²) in [6.45, 7) is 3.01. The molecule has 0 bridgehead atoms. The van der Waals surface area contributed by atoms with Crippen molar-refractivity contribution in [2.24, 2.45) is 11.7 Å². The van der Waals surface area contributed by atoms with Crippen molar-refractivity contribution >= 4 is 21.8 Å². The van der Waals surface area contributed by atoms with Crippen LogP contribution in [-0.4, -0.2) is 23.9 Å². The Balaban J connectivity index is 1.63. The number of halogens is 1. The lowest BCUT2D eigenvalue weighted by atomic mass is 9.79. The largest absolute Gasteiger partial charge is 0.369 e. The second kappa shape index (κ2) is 7.95. The predicted molar refractivity (Wildman–Crippen MR) is 101 cm³/mol. The van der Waals surface area contributed by atoms with Crippen LogP contribution in [0.3, 0.4) is 0 Å². The van der Waals surface area contributed by atoms with Crippen LogP contribution in [0.1, 0.15) is 29.9 Å². The smallest absolute Gasteiger partial charge is 0.225 e. The molecule has 0 aliphatic carbocycles. The van der Waals surface area contributed by atoms with Gasteiger partial charge in [-0.15, -0.1) is 0 Å². The third-order valence-corrected chi connectivity index (χ3v) is 5.42. The Kier molecular flexibility index (Phi) is 5.69. The fourth-order valence-electron chi connectivity index (χ4n) is 3.62. The van der Waals surface area contributed by atoms with E-state index in [1.165, 1.54) is 5.56 Å². The number of amides is 1. The molecule has 1 amide bonds. The highest BCUT2D eigenvalue weighted by Gasteiger charge is 2.31. The maximum atomic E-state index is 12.1. The Morgan fingerprint density at radius 3 is 2.29 bits per heavy atom. The first-order valence-electron chi connectivity index (χ1n) is 8.44. The number of nitrogens with zero attached hydrogens (tertiary/aromatic N) is 1. The van der Waals surface area contributed by atoms with Crippen LogP contribution in [0.5, 0.6) is 0 Å². The van der Waals surface area contributed by atoms with E-state index in [0.717, 1.165) is 42.5 Å². The summed E-state index contributed by atoms with van der Waals surface area (Å²) in [5, 5.41) is 0. The first-order valence-corrected chi connectivity index (χ1v) is 9.24. The van der Waals surface area contributed by atoms with E-state index >= 15 is 0 Å². The Bertz CT molecular complexity index is 664. The van der Waals surface area contributed by atoms with Gasteiger partial charge in [0.15, 0.2) is 0 Å². The van der Waals surface area contributed by atoms with Crippen molar-refractivity contribution in [2.45, 2.75) is 25.3 Å². The predicted octanol–water partition coefficient (Wildman–Crippen LogP) is 3.93. The SMILES string of the molecule is NC(=O)[C@@H](c1ccc(Br)cc1)C1CCN(Cc2ccccc2)CC1. The van der Waals surface area contributed by atoms with Gasteiger partial charge in [-0.2, -0.15) is 0 Å². The molecule has 1 saturated heterocycles. The Hall–Kier alpha value is -1.65. The fraction of sp³-hybridized carbons (Fsp3) is 0.350. The van der Waals surface area contributed by atoms with Gasteiger partial charge in [-0.05, 0) is 55.1 Å². The molecule has 2 aromatic carbocycles. The van der Waals surface area contributed by atoms with Crippen LogP contribution in [0.2, 0.25) is 0 Å². The molecule has 4 heteroatoms. The molecule has 1 aliphatic heterocycles. The average Bonchev–Trinajstić information content (AvgIpc) is 2.59. The zero-order chi connectivity index (χ0) is 16.9. The number of nitrogens with two attached hydrogens (primary N) is 1. The molecule has 0 radical (unpaired) electrons. The number of benzene rings is 2. The van der Waals surface area contributed by atoms with E-state index in [9.17, 15) is 4.79 Å². The van der Waals surface area contributed by atoms with Crippen molar-refractivity contribution in [3.8, 4) is 0 Å². The molecule has 0 spiro atoms. The van der Waals surface area contributed by atoms with Gasteiger partial charge in [0.1, 0.15) is 0 Å². The van der Waals surface area contributed by atoms with Crippen molar-refractivity contribution in [3.05, 3.63) is 70.2 Å². The van der Waals surface area contributed by atoms with Gasteiger partial charge in [0.05, 0.1) is 5.92 Å². The molecule has 1 aliphatic rings. The summed E-state index contributed by atoms with van der Waals surface area (Å²) < 4.78 is 1.02. The summed E-state index contributed by atoms with van der Waals surface area (Å²) in [5.41, 5.74) is 8.11. The minimum atomic E-state index is -0.209. The first-order chi connectivity index (χ1) is 11.6. The fourth-order valence-corrected chi connectivity index (χ4v) is 3.89. The summed E-state index contributed by atoms with van der Waals surface area (Å²) in [6.07, 6.45) is 2.02. The summed E-state index contributed by atoms with van der Waals surface area (Å²) in [7, 11) is 0. The summed E-state index contributed by atoms with van der Waals surface area (Å²) in [5.74, 6) is -0.0634. The van der Waals surface area contributed by atoms with E-state index in [2.05, 4.69) is 45.1 Å². The summed E-state index contributed by atoms with van der Waals surface area (Å²) in [4.78, 5) is 14.5. The monoisotopic (exact) mass is 386 g/mol. The highest BCUT2D eigenvalue weighted by molar-refractivity contribution is 9.10. The number of carbonyl (C=O) groups is 1.